The van der Waals surface area contributed by atoms with E-state index in [9.17, 15) is 4.79 Å². The number of benzene rings is 3. The number of imidazole rings is 1. The minimum atomic E-state index is -0.0955. The lowest BCUT2D eigenvalue weighted by molar-refractivity contribution is 0.102. The molecule has 1 aromatic heterocycles. The maximum atomic E-state index is 12.9. The van der Waals surface area contributed by atoms with Crippen LogP contribution in [0.15, 0.2) is 78.0 Å². The first-order chi connectivity index (χ1) is 15.1. The molecule has 5 nitrogen and oxygen atoms in total. The van der Waals surface area contributed by atoms with Gasteiger partial charge in [0.05, 0.1) is 11.0 Å². The van der Waals surface area contributed by atoms with E-state index in [0.29, 0.717) is 11.3 Å². The zero-order chi connectivity index (χ0) is 21.6. The Kier molecular flexibility index (Phi) is 6.70. The molecule has 6 heteroatoms. The van der Waals surface area contributed by atoms with Gasteiger partial charge in [-0.1, -0.05) is 54.2 Å². The molecule has 0 saturated carbocycles. The molecule has 0 aliphatic heterocycles. The summed E-state index contributed by atoms with van der Waals surface area (Å²) in [6.07, 6.45) is 0.989. The Labute approximate surface area is 186 Å². The lowest BCUT2D eigenvalue weighted by atomic mass is 10.1. The number of H-pyrrole nitrogens is 1. The van der Waals surface area contributed by atoms with Crippen LogP contribution in [-0.4, -0.2) is 41.4 Å². The molecule has 2 N–H and O–H groups in total. The number of nitrogens with one attached hydrogen (secondary N) is 2. The number of hydrogen-bond acceptors (Lipinski definition) is 4. The smallest absolute Gasteiger partial charge is 0.255 e. The van der Waals surface area contributed by atoms with E-state index in [-0.39, 0.29) is 5.91 Å². The first-order valence-electron chi connectivity index (χ1n) is 10.3. The van der Waals surface area contributed by atoms with Crippen molar-refractivity contribution in [3.8, 4) is 0 Å². The number of aromatic nitrogens is 2. The number of amides is 1. The highest BCUT2D eigenvalue weighted by atomic mass is 32.2. The number of anilines is 1. The molecule has 0 atom stereocenters. The maximum Gasteiger partial charge on any atom is 0.255 e. The molecule has 0 bridgehead atoms. The molecule has 0 saturated heterocycles. The minimum Gasteiger partial charge on any atom is -0.333 e. The van der Waals surface area contributed by atoms with E-state index in [1.54, 1.807) is 11.8 Å². The number of carbonyl (C=O) groups excluding carboxylic acids is 1. The molecule has 1 amide bonds. The van der Waals surface area contributed by atoms with Crippen molar-refractivity contribution < 1.29 is 4.79 Å². The number of likely N-dealkylation sites (N-methyl/N-ethyl adjacent to an activating group) is 1. The van der Waals surface area contributed by atoms with Gasteiger partial charge < -0.3 is 15.2 Å². The molecule has 31 heavy (non-hydrogen) atoms. The van der Waals surface area contributed by atoms with Crippen LogP contribution < -0.4 is 5.32 Å². The molecule has 0 spiro atoms. The lowest BCUT2D eigenvalue weighted by Gasteiger charge is -2.11. The Bertz CT molecular complexity index is 1130. The highest BCUT2D eigenvalue weighted by Crippen LogP contribution is 2.25. The quantitative estimate of drug-likeness (QED) is 0.377. The van der Waals surface area contributed by atoms with Gasteiger partial charge in [0.15, 0.2) is 5.16 Å². The van der Waals surface area contributed by atoms with Crippen LogP contribution in [0.25, 0.3) is 11.0 Å². The third-order valence-electron chi connectivity index (χ3n) is 5.05. The summed E-state index contributed by atoms with van der Waals surface area (Å²) in [6, 6.07) is 23.8. The predicted octanol–water partition coefficient (Wildman–Crippen LogP) is 5.21. The molecule has 1 heterocycles. The van der Waals surface area contributed by atoms with Gasteiger partial charge in [-0.15, -0.1) is 0 Å². The number of carbonyl (C=O) groups is 1. The van der Waals surface area contributed by atoms with E-state index in [2.05, 4.69) is 46.4 Å². The van der Waals surface area contributed by atoms with E-state index < -0.39 is 0 Å². The molecular weight excluding hydrogens is 404 g/mol. The third-order valence-corrected chi connectivity index (χ3v) is 5.98. The molecule has 4 rings (SSSR count). The summed E-state index contributed by atoms with van der Waals surface area (Å²) in [6.45, 7) is 1.00. The molecule has 158 valence electrons. The summed E-state index contributed by atoms with van der Waals surface area (Å²) in [7, 11) is 4.14. The first-order valence-corrected chi connectivity index (χ1v) is 11.3. The number of thioether (sulfide) groups is 1. The van der Waals surface area contributed by atoms with Crippen LogP contribution in [-0.2, 0) is 12.2 Å². The van der Waals surface area contributed by atoms with E-state index in [4.69, 9.17) is 0 Å². The van der Waals surface area contributed by atoms with Crippen molar-refractivity contribution in [1.29, 1.82) is 0 Å². The lowest BCUT2D eigenvalue weighted by Crippen LogP contribution is -2.15. The van der Waals surface area contributed by atoms with Gasteiger partial charge in [0.1, 0.15) is 0 Å². The summed E-state index contributed by atoms with van der Waals surface area (Å²) in [5, 5.41) is 3.88. The van der Waals surface area contributed by atoms with Crippen molar-refractivity contribution in [1.82, 2.24) is 14.9 Å². The molecule has 0 radical (unpaired) electrons. The fourth-order valence-electron chi connectivity index (χ4n) is 3.32. The molecule has 0 fully saturated rings. The number of para-hydroxylation sites is 2. The van der Waals surface area contributed by atoms with E-state index in [1.807, 2.05) is 60.7 Å². The topological polar surface area (TPSA) is 61.0 Å². The summed E-state index contributed by atoms with van der Waals surface area (Å²) >= 11 is 1.60. The number of fused-ring (bicyclic) bond motifs is 1. The highest BCUT2D eigenvalue weighted by Gasteiger charge is 2.12. The average Bonchev–Trinajstić information content (AvgIpc) is 3.20. The average molecular weight is 431 g/mol. The van der Waals surface area contributed by atoms with Gasteiger partial charge in [-0.3, -0.25) is 4.79 Å². The normalized spacial score (nSPS) is 11.2. The number of aromatic amines is 1. The van der Waals surface area contributed by atoms with Gasteiger partial charge in [0, 0.05) is 23.5 Å². The molecule has 0 aliphatic carbocycles. The van der Waals surface area contributed by atoms with Crippen LogP contribution in [0.2, 0.25) is 0 Å². The Morgan fingerprint density at radius 1 is 1.00 bits per heavy atom. The molecule has 0 unspecified atom stereocenters. The Hall–Kier alpha value is -3.09. The fraction of sp³-hybridized carbons (Fsp3) is 0.200. The van der Waals surface area contributed by atoms with Crippen LogP contribution in [0, 0.1) is 0 Å². The monoisotopic (exact) mass is 430 g/mol. The number of rotatable bonds is 8. The van der Waals surface area contributed by atoms with Gasteiger partial charge in [-0.05, 0) is 62.0 Å². The second-order valence-electron chi connectivity index (χ2n) is 7.71. The van der Waals surface area contributed by atoms with E-state index >= 15 is 0 Å². The number of hydrogen-bond donors (Lipinski definition) is 2. The van der Waals surface area contributed by atoms with Crippen molar-refractivity contribution >= 4 is 34.4 Å². The second kappa shape index (κ2) is 9.81. The summed E-state index contributed by atoms with van der Waals surface area (Å²) in [5.41, 5.74) is 5.69. The van der Waals surface area contributed by atoms with Crippen molar-refractivity contribution in [2.75, 3.05) is 26.0 Å². The standard InChI is InChI=1S/C25H26N4OS/c1-29(2)16-15-18-11-13-20(14-12-18)26-24(30)21-8-4-3-7-19(21)17-31-25-27-22-9-5-6-10-23(22)28-25/h3-14H,15-17H2,1-2H3,(H,26,30)(H,27,28). The largest absolute Gasteiger partial charge is 0.333 e. The predicted molar refractivity (Wildman–Crippen MR) is 129 cm³/mol. The SMILES string of the molecule is CN(C)CCc1ccc(NC(=O)c2ccccc2CSc2nc3ccccc3[nH]2)cc1. The third kappa shape index (κ3) is 5.54. The van der Waals surface area contributed by atoms with Crippen molar-refractivity contribution in [2.24, 2.45) is 0 Å². The van der Waals surface area contributed by atoms with Crippen molar-refractivity contribution in [3.63, 3.8) is 0 Å². The Morgan fingerprint density at radius 2 is 1.74 bits per heavy atom. The summed E-state index contributed by atoms with van der Waals surface area (Å²) in [4.78, 5) is 23.0. The van der Waals surface area contributed by atoms with Crippen LogP contribution in [0.5, 0.6) is 0 Å². The molecule has 0 aliphatic rings. The van der Waals surface area contributed by atoms with Gasteiger partial charge in [-0.2, -0.15) is 0 Å². The van der Waals surface area contributed by atoms with Crippen LogP contribution >= 0.6 is 11.8 Å². The van der Waals surface area contributed by atoms with Crippen molar-refractivity contribution in [3.05, 3.63) is 89.5 Å². The van der Waals surface area contributed by atoms with E-state index in [0.717, 1.165) is 40.4 Å². The second-order valence-corrected chi connectivity index (χ2v) is 8.67. The van der Waals surface area contributed by atoms with Crippen molar-refractivity contribution in [2.45, 2.75) is 17.3 Å². The summed E-state index contributed by atoms with van der Waals surface area (Å²) in [5.74, 6) is 0.564. The van der Waals surface area contributed by atoms with E-state index in [1.165, 1.54) is 5.56 Å². The fourth-order valence-corrected chi connectivity index (χ4v) is 4.21. The molecule has 3 aromatic carbocycles. The zero-order valence-corrected chi connectivity index (χ0v) is 18.6. The maximum absolute atomic E-state index is 12.9. The Morgan fingerprint density at radius 3 is 2.52 bits per heavy atom. The van der Waals surface area contributed by atoms with Crippen LogP contribution in [0.3, 0.4) is 0 Å². The van der Waals surface area contributed by atoms with Gasteiger partial charge in [-0.25, -0.2) is 4.98 Å². The van der Waals surface area contributed by atoms with Crippen LogP contribution in [0.1, 0.15) is 21.5 Å². The van der Waals surface area contributed by atoms with Gasteiger partial charge in [0.25, 0.3) is 5.91 Å². The first kappa shape index (κ1) is 21.2. The minimum absolute atomic E-state index is 0.0955. The Balaban J connectivity index is 1.41. The zero-order valence-electron chi connectivity index (χ0n) is 17.8. The molecular formula is C25H26N4OS. The highest BCUT2D eigenvalue weighted by molar-refractivity contribution is 7.98. The van der Waals surface area contributed by atoms with Crippen LogP contribution in [0.4, 0.5) is 5.69 Å². The van der Waals surface area contributed by atoms with Gasteiger partial charge in [0.2, 0.25) is 0 Å². The summed E-state index contributed by atoms with van der Waals surface area (Å²) < 4.78 is 0. The van der Waals surface area contributed by atoms with Gasteiger partial charge >= 0.3 is 0 Å². The number of nitrogens with zero attached hydrogens (tertiary/aromatic N) is 2. The molecule has 4 aromatic rings.